The molecule has 0 saturated carbocycles. The Bertz CT molecular complexity index is 325. The van der Waals surface area contributed by atoms with Gasteiger partial charge in [0.05, 0.1) is 6.54 Å². The molecular formula is C16H30N2O3. The van der Waals surface area contributed by atoms with E-state index in [1.165, 1.54) is 0 Å². The van der Waals surface area contributed by atoms with Gasteiger partial charge in [-0.05, 0) is 31.7 Å². The second kappa shape index (κ2) is 9.77. The van der Waals surface area contributed by atoms with E-state index < -0.39 is 5.97 Å². The van der Waals surface area contributed by atoms with Gasteiger partial charge >= 0.3 is 5.97 Å². The van der Waals surface area contributed by atoms with Crippen LogP contribution in [-0.2, 0) is 9.59 Å². The van der Waals surface area contributed by atoms with Gasteiger partial charge in [0, 0.05) is 26.1 Å². The number of carboxylic acid groups (broad SMARTS) is 1. The summed E-state index contributed by atoms with van der Waals surface area (Å²) in [5.74, 6) is -0.330. The third-order valence-corrected chi connectivity index (χ3v) is 4.11. The number of unbranched alkanes of at least 4 members (excludes halogenated alkanes) is 2. The molecule has 1 saturated heterocycles. The fraction of sp³-hybridized carbons (Fsp3) is 0.875. The molecule has 0 aromatic heterocycles. The Morgan fingerprint density at radius 3 is 2.33 bits per heavy atom. The van der Waals surface area contributed by atoms with E-state index in [1.807, 2.05) is 4.90 Å². The van der Waals surface area contributed by atoms with Crippen molar-refractivity contribution in [1.82, 2.24) is 9.80 Å². The van der Waals surface area contributed by atoms with Crippen molar-refractivity contribution >= 4 is 11.9 Å². The molecular weight excluding hydrogens is 268 g/mol. The summed E-state index contributed by atoms with van der Waals surface area (Å²) in [6, 6.07) is 0. The molecule has 1 amide bonds. The summed E-state index contributed by atoms with van der Waals surface area (Å²) in [7, 11) is 0. The van der Waals surface area contributed by atoms with Crippen LogP contribution in [0.1, 0.15) is 52.4 Å². The summed E-state index contributed by atoms with van der Waals surface area (Å²) in [6.45, 7) is 8.01. The molecule has 21 heavy (non-hydrogen) atoms. The number of likely N-dealkylation sites (tertiary alicyclic amines) is 1. The van der Waals surface area contributed by atoms with Crippen molar-refractivity contribution in [1.29, 1.82) is 0 Å². The Labute approximate surface area is 128 Å². The lowest BCUT2D eigenvalue weighted by molar-refractivity contribution is -0.138. The predicted molar refractivity (Wildman–Crippen MR) is 83.2 cm³/mol. The first-order chi connectivity index (χ1) is 10.1. The first-order valence-electron chi connectivity index (χ1n) is 8.28. The van der Waals surface area contributed by atoms with Crippen LogP contribution in [0, 0.1) is 5.92 Å². The number of carbonyl (C=O) groups is 2. The minimum Gasteiger partial charge on any atom is -0.481 e. The average molecular weight is 298 g/mol. The Balaban J connectivity index is 2.39. The molecule has 1 fully saturated rings. The van der Waals surface area contributed by atoms with Crippen LogP contribution in [0.2, 0.25) is 0 Å². The van der Waals surface area contributed by atoms with E-state index >= 15 is 0 Å². The van der Waals surface area contributed by atoms with Crippen LogP contribution in [0.25, 0.3) is 0 Å². The first kappa shape index (κ1) is 18.0. The number of aliphatic carboxylic acids is 1. The smallest absolute Gasteiger partial charge is 0.303 e. The van der Waals surface area contributed by atoms with E-state index in [1.54, 1.807) is 0 Å². The molecule has 5 heteroatoms. The minimum absolute atomic E-state index is 0.202. The summed E-state index contributed by atoms with van der Waals surface area (Å²) >= 11 is 0. The third-order valence-electron chi connectivity index (χ3n) is 4.11. The maximum atomic E-state index is 12.4. The SMILES string of the molecule is CCCCN(CCCC)C(=O)CN1CCC(CC(=O)O)C1. The molecule has 1 aliphatic heterocycles. The zero-order chi connectivity index (χ0) is 15.7. The van der Waals surface area contributed by atoms with Gasteiger partial charge in [0.15, 0.2) is 0 Å². The predicted octanol–water partition coefficient (Wildman–Crippen LogP) is 2.21. The molecule has 0 radical (unpaired) electrons. The molecule has 5 nitrogen and oxygen atoms in total. The summed E-state index contributed by atoms with van der Waals surface area (Å²) in [4.78, 5) is 27.2. The van der Waals surface area contributed by atoms with Crippen LogP contribution in [0.4, 0.5) is 0 Å². The van der Waals surface area contributed by atoms with Gasteiger partial charge in [-0.25, -0.2) is 0 Å². The summed E-state index contributed by atoms with van der Waals surface area (Å²) in [6.07, 6.45) is 5.42. The number of hydrogen-bond acceptors (Lipinski definition) is 3. The largest absolute Gasteiger partial charge is 0.481 e. The van der Waals surface area contributed by atoms with Crippen LogP contribution < -0.4 is 0 Å². The van der Waals surface area contributed by atoms with Crippen molar-refractivity contribution in [3.63, 3.8) is 0 Å². The number of nitrogens with zero attached hydrogens (tertiary/aromatic N) is 2. The van der Waals surface area contributed by atoms with E-state index in [0.29, 0.717) is 6.54 Å². The molecule has 122 valence electrons. The summed E-state index contributed by atoms with van der Waals surface area (Å²) in [5, 5.41) is 8.83. The molecule has 0 aliphatic carbocycles. The van der Waals surface area contributed by atoms with Gasteiger partial charge in [-0.15, -0.1) is 0 Å². The lowest BCUT2D eigenvalue weighted by Gasteiger charge is -2.25. The van der Waals surface area contributed by atoms with Crippen molar-refractivity contribution in [2.45, 2.75) is 52.4 Å². The zero-order valence-corrected chi connectivity index (χ0v) is 13.5. The Morgan fingerprint density at radius 2 is 1.81 bits per heavy atom. The van der Waals surface area contributed by atoms with Crippen LogP contribution in [-0.4, -0.2) is 59.5 Å². The quantitative estimate of drug-likeness (QED) is 0.672. The molecule has 1 N–H and O–H groups in total. The molecule has 1 rings (SSSR count). The van der Waals surface area contributed by atoms with Crippen LogP contribution in [0.3, 0.4) is 0 Å². The lowest BCUT2D eigenvalue weighted by Crippen LogP contribution is -2.40. The average Bonchev–Trinajstić information content (AvgIpc) is 2.85. The summed E-state index contributed by atoms with van der Waals surface area (Å²) in [5.41, 5.74) is 0. The van der Waals surface area contributed by atoms with Crippen molar-refractivity contribution in [2.75, 3.05) is 32.7 Å². The number of hydrogen-bond donors (Lipinski definition) is 1. The molecule has 1 atom stereocenters. The van der Waals surface area contributed by atoms with Crippen molar-refractivity contribution in [3.05, 3.63) is 0 Å². The van der Waals surface area contributed by atoms with E-state index in [-0.39, 0.29) is 18.2 Å². The second-order valence-electron chi connectivity index (χ2n) is 6.08. The zero-order valence-electron chi connectivity index (χ0n) is 13.5. The van der Waals surface area contributed by atoms with Gasteiger partial charge < -0.3 is 10.0 Å². The summed E-state index contributed by atoms with van der Waals surface area (Å²) < 4.78 is 0. The van der Waals surface area contributed by atoms with Crippen LogP contribution in [0.5, 0.6) is 0 Å². The number of carboxylic acids is 1. The topological polar surface area (TPSA) is 60.9 Å². The molecule has 1 unspecified atom stereocenters. The van der Waals surface area contributed by atoms with Gasteiger partial charge in [-0.1, -0.05) is 26.7 Å². The highest BCUT2D eigenvalue weighted by Gasteiger charge is 2.26. The van der Waals surface area contributed by atoms with Crippen molar-refractivity contribution in [3.8, 4) is 0 Å². The third kappa shape index (κ3) is 6.93. The molecule has 0 spiro atoms. The van der Waals surface area contributed by atoms with Crippen molar-refractivity contribution < 1.29 is 14.7 Å². The first-order valence-corrected chi connectivity index (χ1v) is 8.28. The number of rotatable bonds is 10. The van der Waals surface area contributed by atoms with E-state index in [2.05, 4.69) is 18.7 Å². The molecule has 1 heterocycles. The molecule has 0 aromatic carbocycles. The highest BCUT2D eigenvalue weighted by molar-refractivity contribution is 5.78. The van der Waals surface area contributed by atoms with Crippen molar-refractivity contribution in [2.24, 2.45) is 5.92 Å². The minimum atomic E-state index is -0.735. The number of carbonyl (C=O) groups excluding carboxylic acids is 1. The van der Waals surface area contributed by atoms with Gasteiger partial charge in [-0.3, -0.25) is 14.5 Å². The maximum Gasteiger partial charge on any atom is 0.303 e. The number of amides is 1. The fourth-order valence-corrected chi connectivity index (χ4v) is 2.82. The second-order valence-corrected chi connectivity index (χ2v) is 6.08. The van der Waals surface area contributed by atoms with E-state index in [0.717, 1.165) is 58.3 Å². The normalized spacial score (nSPS) is 18.9. The van der Waals surface area contributed by atoms with Gasteiger partial charge in [0.1, 0.15) is 0 Å². The highest BCUT2D eigenvalue weighted by atomic mass is 16.4. The van der Waals surface area contributed by atoms with E-state index in [9.17, 15) is 9.59 Å². The van der Waals surface area contributed by atoms with Gasteiger partial charge in [-0.2, -0.15) is 0 Å². The monoisotopic (exact) mass is 298 g/mol. The lowest BCUT2D eigenvalue weighted by atomic mass is 10.1. The molecule has 0 aromatic rings. The molecule has 0 bridgehead atoms. The highest BCUT2D eigenvalue weighted by Crippen LogP contribution is 2.19. The van der Waals surface area contributed by atoms with Crippen LogP contribution in [0.15, 0.2) is 0 Å². The standard InChI is InChI=1S/C16H30N2O3/c1-3-5-8-18(9-6-4-2)15(19)13-17-10-7-14(12-17)11-16(20)21/h14H,3-13H2,1-2H3,(H,20,21). The van der Waals surface area contributed by atoms with Gasteiger partial charge in [0.25, 0.3) is 0 Å². The molecule has 1 aliphatic rings. The Hall–Kier alpha value is -1.10. The van der Waals surface area contributed by atoms with Crippen LogP contribution >= 0.6 is 0 Å². The maximum absolute atomic E-state index is 12.4. The fourth-order valence-electron chi connectivity index (χ4n) is 2.82. The van der Waals surface area contributed by atoms with Gasteiger partial charge in [0.2, 0.25) is 5.91 Å². The van der Waals surface area contributed by atoms with E-state index in [4.69, 9.17) is 5.11 Å². The Morgan fingerprint density at radius 1 is 1.19 bits per heavy atom. The Kier molecular flexibility index (Phi) is 8.35.